The van der Waals surface area contributed by atoms with Crippen LogP contribution < -0.4 is 10.8 Å². The highest BCUT2D eigenvalue weighted by Crippen LogP contribution is 2.23. The monoisotopic (exact) mass is 391 g/mol. The number of amidine groups is 1. The predicted molar refractivity (Wildman–Crippen MR) is 113 cm³/mol. The Bertz CT molecular complexity index is 1020. The molecule has 4 rings (SSSR count). The van der Waals surface area contributed by atoms with Gasteiger partial charge in [-0.25, -0.2) is 4.99 Å². The maximum atomic E-state index is 12.5. The van der Waals surface area contributed by atoms with E-state index < -0.39 is 0 Å². The molecular weight excluding hydrogens is 366 g/mol. The molecule has 1 fully saturated rings. The summed E-state index contributed by atoms with van der Waals surface area (Å²) >= 11 is 0. The first-order valence-electron chi connectivity index (χ1n) is 10.1. The first-order valence-corrected chi connectivity index (χ1v) is 10.1. The third-order valence-corrected chi connectivity index (χ3v) is 5.46. The second-order valence-corrected chi connectivity index (χ2v) is 7.51. The minimum Gasteiger partial charge on any atom is -0.464 e. The number of hydrogen-bond donors (Lipinski definition) is 3. The van der Waals surface area contributed by atoms with Gasteiger partial charge in [-0.2, -0.15) is 0 Å². The van der Waals surface area contributed by atoms with Crippen molar-refractivity contribution >= 4 is 28.4 Å². The Morgan fingerprint density at radius 1 is 1.07 bits per heavy atom. The summed E-state index contributed by atoms with van der Waals surface area (Å²) in [7, 11) is 0. The number of hydrogen-bond acceptors (Lipinski definition) is 4. The Hall–Kier alpha value is -3.12. The lowest BCUT2D eigenvalue weighted by Crippen LogP contribution is -2.30. The quantitative estimate of drug-likeness (QED) is 0.331. The van der Waals surface area contributed by atoms with Crippen LogP contribution in [-0.2, 0) is 0 Å². The van der Waals surface area contributed by atoms with Gasteiger partial charge in [0.25, 0.3) is 5.91 Å². The van der Waals surface area contributed by atoms with Crippen molar-refractivity contribution in [1.82, 2.24) is 10.8 Å². The van der Waals surface area contributed by atoms with Crippen LogP contribution in [0.15, 0.2) is 64.2 Å². The van der Waals surface area contributed by atoms with Crippen LogP contribution in [0.25, 0.3) is 11.0 Å². The minimum absolute atomic E-state index is 0.0917. The summed E-state index contributed by atoms with van der Waals surface area (Å²) in [6, 6.07) is 14.5. The fraction of sp³-hybridized carbons (Fsp3) is 0.304. The third kappa shape index (κ3) is 4.66. The van der Waals surface area contributed by atoms with Gasteiger partial charge < -0.3 is 9.73 Å². The smallest absolute Gasteiger partial charge is 0.251 e. The largest absolute Gasteiger partial charge is 0.464 e. The van der Waals surface area contributed by atoms with Gasteiger partial charge in [0, 0.05) is 23.1 Å². The lowest BCUT2D eigenvalue weighted by molar-refractivity contribution is 0.0943. The van der Waals surface area contributed by atoms with Crippen LogP contribution in [0.2, 0.25) is 0 Å². The van der Waals surface area contributed by atoms with Crippen LogP contribution in [0.3, 0.4) is 0 Å². The first kappa shape index (κ1) is 19.2. The summed E-state index contributed by atoms with van der Waals surface area (Å²) in [4.78, 5) is 17.0. The number of hydroxylamine groups is 1. The number of fused-ring (bicyclic) bond motifs is 1. The number of rotatable bonds is 5. The number of carbonyl (C=O) groups is 1. The van der Waals surface area contributed by atoms with Crippen molar-refractivity contribution in [1.29, 1.82) is 0 Å². The second kappa shape index (κ2) is 8.92. The van der Waals surface area contributed by atoms with Gasteiger partial charge in [-0.05, 0) is 61.2 Å². The van der Waals surface area contributed by atoms with Crippen molar-refractivity contribution in [3.8, 4) is 0 Å². The Morgan fingerprint density at radius 3 is 2.76 bits per heavy atom. The van der Waals surface area contributed by atoms with E-state index in [0.717, 1.165) is 17.5 Å². The molecule has 1 aromatic heterocycles. The summed E-state index contributed by atoms with van der Waals surface area (Å²) < 4.78 is 5.35. The van der Waals surface area contributed by atoms with Gasteiger partial charge in [-0.3, -0.25) is 15.5 Å². The molecular formula is C23H25N3O3. The number of benzene rings is 2. The number of nitrogens with one attached hydrogen (secondary N) is 2. The van der Waals surface area contributed by atoms with E-state index in [1.807, 2.05) is 24.3 Å². The molecule has 0 atom stereocenters. The lowest BCUT2D eigenvalue weighted by Gasteiger charge is -2.21. The maximum absolute atomic E-state index is 12.5. The summed E-state index contributed by atoms with van der Waals surface area (Å²) in [5.74, 6) is 0.788. The van der Waals surface area contributed by atoms with Crippen molar-refractivity contribution < 1.29 is 14.4 Å². The summed E-state index contributed by atoms with van der Waals surface area (Å²) in [6.45, 7) is 0.723. The van der Waals surface area contributed by atoms with E-state index in [1.165, 1.54) is 32.1 Å². The molecule has 3 aromatic rings. The maximum Gasteiger partial charge on any atom is 0.251 e. The topological polar surface area (TPSA) is 86.9 Å². The third-order valence-electron chi connectivity index (χ3n) is 5.46. The van der Waals surface area contributed by atoms with Gasteiger partial charge >= 0.3 is 0 Å². The molecule has 1 saturated carbocycles. The lowest BCUT2D eigenvalue weighted by atomic mass is 9.89. The molecule has 0 spiro atoms. The fourth-order valence-electron chi connectivity index (χ4n) is 3.84. The van der Waals surface area contributed by atoms with Gasteiger partial charge in [0.1, 0.15) is 5.58 Å². The molecule has 1 heterocycles. The van der Waals surface area contributed by atoms with Crippen LogP contribution in [0.4, 0.5) is 5.69 Å². The number of aliphatic imine (C=N–C) groups is 1. The van der Waals surface area contributed by atoms with Gasteiger partial charge in [-0.1, -0.05) is 25.3 Å². The van der Waals surface area contributed by atoms with Crippen molar-refractivity contribution in [3.63, 3.8) is 0 Å². The van der Waals surface area contributed by atoms with Crippen molar-refractivity contribution in [2.45, 2.75) is 32.1 Å². The molecule has 6 nitrogen and oxygen atoms in total. The Kier molecular flexibility index (Phi) is 5.91. The summed E-state index contributed by atoms with van der Waals surface area (Å²) in [6.07, 6.45) is 7.82. The van der Waals surface area contributed by atoms with E-state index >= 15 is 0 Å². The zero-order valence-corrected chi connectivity index (χ0v) is 16.2. The molecule has 0 radical (unpaired) electrons. The van der Waals surface area contributed by atoms with Crippen molar-refractivity contribution in [2.24, 2.45) is 10.9 Å². The number of carbonyl (C=O) groups excluding carboxylic acids is 1. The second-order valence-electron chi connectivity index (χ2n) is 7.51. The highest BCUT2D eigenvalue weighted by atomic mass is 16.5. The van der Waals surface area contributed by atoms with Crippen molar-refractivity contribution in [2.75, 3.05) is 6.54 Å². The molecule has 1 aliphatic carbocycles. The van der Waals surface area contributed by atoms with Crippen LogP contribution in [-0.4, -0.2) is 23.5 Å². The van der Waals surface area contributed by atoms with E-state index in [1.54, 1.807) is 30.5 Å². The van der Waals surface area contributed by atoms with Crippen LogP contribution in [0, 0.1) is 5.92 Å². The highest BCUT2D eigenvalue weighted by Gasteiger charge is 2.15. The molecule has 0 aliphatic heterocycles. The normalized spacial score (nSPS) is 15.4. The van der Waals surface area contributed by atoms with Crippen molar-refractivity contribution in [3.05, 3.63) is 65.9 Å². The molecule has 1 amide bonds. The first-order chi connectivity index (χ1) is 14.2. The van der Waals surface area contributed by atoms with E-state index in [2.05, 4.69) is 15.8 Å². The molecule has 0 bridgehead atoms. The molecule has 0 saturated heterocycles. The Balaban J connectivity index is 1.49. The van der Waals surface area contributed by atoms with E-state index in [0.29, 0.717) is 28.6 Å². The van der Waals surface area contributed by atoms with Crippen LogP contribution >= 0.6 is 0 Å². The number of nitrogens with zero attached hydrogens (tertiary/aromatic N) is 1. The SMILES string of the molecule is O=C(NCC1CCCCC1)c1cccc(N=C(NO)c2ccc3occc3c2)c1. The number of amides is 1. The summed E-state index contributed by atoms with van der Waals surface area (Å²) in [5.41, 5.74) is 4.78. The van der Waals surface area contributed by atoms with Gasteiger partial charge in [0.2, 0.25) is 0 Å². The van der Waals surface area contributed by atoms with Gasteiger partial charge in [-0.15, -0.1) is 0 Å². The molecule has 0 unspecified atom stereocenters. The zero-order chi connectivity index (χ0) is 20.1. The van der Waals surface area contributed by atoms with E-state index in [-0.39, 0.29) is 5.91 Å². The van der Waals surface area contributed by atoms with E-state index in [4.69, 9.17) is 4.42 Å². The van der Waals surface area contributed by atoms with Gasteiger partial charge in [0.05, 0.1) is 12.0 Å². The standard InChI is InChI=1S/C23H25N3O3/c27-23(24-15-16-5-2-1-3-6-16)19-7-4-8-20(14-19)25-22(26-28)18-9-10-21-17(13-18)11-12-29-21/h4,7-14,16,28H,1-3,5-6,15H2,(H,24,27)(H,25,26). The fourth-order valence-corrected chi connectivity index (χ4v) is 3.84. The van der Waals surface area contributed by atoms with Gasteiger partial charge in [0.15, 0.2) is 5.84 Å². The summed E-state index contributed by atoms with van der Waals surface area (Å²) in [5, 5.41) is 13.6. The molecule has 3 N–H and O–H groups in total. The average molecular weight is 391 g/mol. The Labute approximate surface area is 169 Å². The minimum atomic E-state index is -0.0917. The molecule has 29 heavy (non-hydrogen) atoms. The van der Waals surface area contributed by atoms with Crippen LogP contribution in [0.1, 0.15) is 48.0 Å². The molecule has 6 heteroatoms. The Morgan fingerprint density at radius 2 is 1.93 bits per heavy atom. The molecule has 150 valence electrons. The molecule has 2 aromatic carbocycles. The average Bonchev–Trinajstić information content (AvgIpc) is 3.24. The van der Waals surface area contributed by atoms with E-state index in [9.17, 15) is 10.0 Å². The zero-order valence-electron chi connectivity index (χ0n) is 16.2. The van der Waals surface area contributed by atoms with Crippen LogP contribution in [0.5, 0.6) is 0 Å². The number of furan rings is 1. The molecule has 1 aliphatic rings. The predicted octanol–water partition coefficient (Wildman–Crippen LogP) is 4.80. The highest BCUT2D eigenvalue weighted by molar-refractivity contribution is 6.02.